The SMILES string of the molecule is CCOC(=O)c1c(C)n(C)c2ccc(OCC(O)CN3CCN(CCO)CC3)cc12. The molecule has 1 unspecified atom stereocenters. The average molecular weight is 420 g/mol. The number of aliphatic hydroxyl groups is 2. The van der Waals surface area contributed by atoms with E-state index >= 15 is 0 Å². The summed E-state index contributed by atoms with van der Waals surface area (Å²) in [5.74, 6) is 0.281. The number of rotatable bonds is 9. The summed E-state index contributed by atoms with van der Waals surface area (Å²) in [6, 6.07) is 5.62. The molecule has 2 N–H and O–H groups in total. The van der Waals surface area contributed by atoms with E-state index in [1.807, 2.05) is 36.7 Å². The second kappa shape index (κ2) is 10.3. The molecule has 166 valence electrons. The second-order valence-electron chi connectivity index (χ2n) is 7.75. The Morgan fingerprint density at radius 3 is 2.57 bits per heavy atom. The van der Waals surface area contributed by atoms with Crippen LogP contribution in [0.25, 0.3) is 10.9 Å². The maximum Gasteiger partial charge on any atom is 0.340 e. The Balaban J connectivity index is 1.61. The summed E-state index contributed by atoms with van der Waals surface area (Å²) in [6.45, 7) is 9.17. The zero-order valence-corrected chi connectivity index (χ0v) is 18.1. The van der Waals surface area contributed by atoms with Crippen LogP contribution in [0.5, 0.6) is 5.75 Å². The van der Waals surface area contributed by atoms with E-state index < -0.39 is 6.10 Å². The van der Waals surface area contributed by atoms with Gasteiger partial charge in [-0.15, -0.1) is 0 Å². The predicted octanol–water partition coefficient (Wildman–Crippen LogP) is 1.01. The number of piperazine rings is 1. The van der Waals surface area contributed by atoms with Gasteiger partial charge >= 0.3 is 5.97 Å². The molecule has 1 aliphatic heterocycles. The van der Waals surface area contributed by atoms with E-state index in [0.29, 0.717) is 31.0 Å². The quantitative estimate of drug-likeness (QED) is 0.587. The van der Waals surface area contributed by atoms with Crippen LogP contribution in [0.1, 0.15) is 23.0 Å². The summed E-state index contributed by atoms with van der Waals surface area (Å²) in [7, 11) is 1.92. The van der Waals surface area contributed by atoms with Crippen LogP contribution in [-0.4, -0.2) is 95.7 Å². The van der Waals surface area contributed by atoms with Gasteiger partial charge in [-0.3, -0.25) is 9.80 Å². The van der Waals surface area contributed by atoms with Crippen molar-refractivity contribution in [1.29, 1.82) is 0 Å². The highest BCUT2D eigenvalue weighted by atomic mass is 16.5. The predicted molar refractivity (Wildman–Crippen MR) is 115 cm³/mol. The Labute approximate surface area is 177 Å². The first-order valence-electron chi connectivity index (χ1n) is 10.6. The number of hydrogen-bond acceptors (Lipinski definition) is 7. The Hall–Kier alpha value is -2.13. The maximum atomic E-state index is 12.4. The van der Waals surface area contributed by atoms with E-state index in [2.05, 4.69) is 9.80 Å². The number of ether oxygens (including phenoxy) is 2. The number of carbonyl (C=O) groups excluding carboxylic acids is 1. The van der Waals surface area contributed by atoms with E-state index in [-0.39, 0.29) is 19.2 Å². The molecule has 0 bridgehead atoms. The van der Waals surface area contributed by atoms with E-state index in [1.165, 1.54) is 0 Å². The number of β-amino-alcohol motifs (C(OH)–C–C–N with tert-alkyl or cyclic N) is 2. The molecule has 1 aliphatic rings. The molecule has 1 saturated heterocycles. The molecular formula is C22H33N3O5. The van der Waals surface area contributed by atoms with E-state index in [1.54, 1.807) is 6.92 Å². The van der Waals surface area contributed by atoms with Crippen LogP contribution >= 0.6 is 0 Å². The molecule has 0 aliphatic carbocycles. The lowest BCUT2D eigenvalue weighted by molar-refractivity contribution is 0.0428. The molecular weight excluding hydrogens is 386 g/mol. The first-order chi connectivity index (χ1) is 14.4. The van der Waals surface area contributed by atoms with Crippen molar-refractivity contribution < 1.29 is 24.5 Å². The number of hydrogen-bond donors (Lipinski definition) is 2. The third-order valence-electron chi connectivity index (χ3n) is 5.74. The van der Waals surface area contributed by atoms with Crippen LogP contribution in [0.3, 0.4) is 0 Å². The van der Waals surface area contributed by atoms with E-state index in [4.69, 9.17) is 14.6 Å². The molecule has 2 heterocycles. The molecule has 3 rings (SSSR count). The Bertz CT molecular complexity index is 858. The van der Waals surface area contributed by atoms with Crippen LogP contribution in [0.2, 0.25) is 0 Å². The number of esters is 1. The standard InChI is InChI=1S/C22H33N3O5/c1-4-29-22(28)21-16(2)23(3)20-6-5-18(13-19(20)21)30-15-17(27)14-25-9-7-24(8-10-25)11-12-26/h5-6,13,17,26-27H,4,7-12,14-15H2,1-3H3. The molecule has 0 spiro atoms. The van der Waals surface area contributed by atoms with Crippen molar-refractivity contribution in [2.75, 3.05) is 59.1 Å². The molecule has 1 aromatic heterocycles. The fraction of sp³-hybridized carbons (Fsp3) is 0.591. The van der Waals surface area contributed by atoms with Crippen molar-refractivity contribution in [3.63, 3.8) is 0 Å². The summed E-state index contributed by atoms with van der Waals surface area (Å²) >= 11 is 0. The molecule has 8 heteroatoms. The smallest absolute Gasteiger partial charge is 0.340 e. The molecule has 2 aromatic rings. The Morgan fingerprint density at radius 2 is 1.90 bits per heavy atom. The highest BCUT2D eigenvalue weighted by Crippen LogP contribution is 2.29. The van der Waals surface area contributed by atoms with Crippen molar-refractivity contribution in [2.24, 2.45) is 7.05 Å². The third-order valence-corrected chi connectivity index (χ3v) is 5.74. The minimum atomic E-state index is -0.605. The normalized spacial score (nSPS) is 16.7. The lowest BCUT2D eigenvalue weighted by atomic mass is 10.1. The highest BCUT2D eigenvalue weighted by molar-refractivity contribution is 6.06. The molecule has 8 nitrogen and oxygen atoms in total. The third kappa shape index (κ3) is 5.13. The van der Waals surface area contributed by atoms with Crippen LogP contribution in [0.15, 0.2) is 18.2 Å². The van der Waals surface area contributed by atoms with Gasteiger partial charge in [-0.2, -0.15) is 0 Å². The molecule has 1 fully saturated rings. The van der Waals surface area contributed by atoms with Crippen molar-refractivity contribution in [3.8, 4) is 5.75 Å². The largest absolute Gasteiger partial charge is 0.491 e. The number of aliphatic hydroxyl groups excluding tert-OH is 2. The molecule has 0 radical (unpaired) electrons. The average Bonchev–Trinajstić information content (AvgIpc) is 2.98. The van der Waals surface area contributed by atoms with Crippen molar-refractivity contribution in [1.82, 2.24) is 14.4 Å². The van der Waals surface area contributed by atoms with Gasteiger partial charge in [0.2, 0.25) is 0 Å². The summed E-state index contributed by atoms with van der Waals surface area (Å²) in [5, 5.41) is 20.2. The van der Waals surface area contributed by atoms with Gasteiger partial charge < -0.3 is 24.3 Å². The van der Waals surface area contributed by atoms with Gasteiger partial charge in [0.25, 0.3) is 0 Å². The van der Waals surface area contributed by atoms with Gasteiger partial charge in [-0.05, 0) is 32.0 Å². The van der Waals surface area contributed by atoms with Crippen molar-refractivity contribution >= 4 is 16.9 Å². The fourth-order valence-corrected chi connectivity index (χ4v) is 3.98. The monoisotopic (exact) mass is 419 g/mol. The van der Waals surface area contributed by atoms with Gasteiger partial charge in [0.05, 0.1) is 18.8 Å². The summed E-state index contributed by atoms with van der Waals surface area (Å²) in [6.07, 6.45) is -0.605. The van der Waals surface area contributed by atoms with E-state index in [0.717, 1.165) is 42.8 Å². The van der Waals surface area contributed by atoms with Crippen LogP contribution < -0.4 is 4.74 Å². The molecule has 1 aromatic carbocycles. The van der Waals surface area contributed by atoms with Gasteiger partial charge in [0.1, 0.15) is 18.5 Å². The highest BCUT2D eigenvalue weighted by Gasteiger charge is 2.21. The minimum Gasteiger partial charge on any atom is -0.491 e. The first-order valence-corrected chi connectivity index (χ1v) is 10.6. The number of fused-ring (bicyclic) bond motifs is 1. The topological polar surface area (TPSA) is 87.4 Å². The van der Waals surface area contributed by atoms with Gasteiger partial charge in [0, 0.05) is 62.9 Å². The van der Waals surface area contributed by atoms with Crippen molar-refractivity contribution in [2.45, 2.75) is 20.0 Å². The molecule has 0 amide bonds. The van der Waals surface area contributed by atoms with Gasteiger partial charge in [-0.25, -0.2) is 4.79 Å². The zero-order chi connectivity index (χ0) is 21.7. The molecule has 1 atom stereocenters. The second-order valence-corrected chi connectivity index (χ2v) is 7.75. The molecule has 30 heavy (non-hydrogen) atoms. The Kier molecular flexibility index (Phi) is 7.71. The number of aryl methyl sites for hydroxylation is 1. The van der Waals surface area contributed by atoms with Gasteiger partial charge in [0.15, 0.2) is 0 Å². The number of carbonyl (C=O) groups is 1. The fourth-order valence-electron chi connectivity index (χ4n) is 3.98. The van der Waals surface area contributed by atoms with E-state index in [9.17, 15) is 9.90 Å². The number of benzene rings is 1. The summed E-state index contributed by atoms with van der Waals surface area (Å²) in [5.41, 5.74) is 2.34. The van der Waals surface area contributed by atoms with Crippen LogP contribution in [0.4, 0.5) is 0 Å². The lowest BCUT2D eigenvalue weighted by Crippen LogP contribution is -2.49. The number of nitrogens with zero attached hydrogens (tertiary/aromatic N) is 3. The molecule has 0 saturated carbocycles. The lowest BCUT2D eigenvalue weighted by Gasteiger charge is -2.35. The zero-order valence-electron chi connectivity index (χ0n) is 18.1. The summed E-state index contributed by atoms with van der Waals surface area (Å²) in [4.78, 5) is 16.8. The number of aromatic nitrogens is 1. The first kappa shape index (κ1) is 22.6. The van der Waals surface area contributed by atoms with Crippen LogP contribution in [-0.2, 0) is 11.8 Å². The maximum absolute atomic E-state index is 12.4. The van der Waals surface area contributed by atoms with Crippen molar-refractivity contribution in [3.05, 3.63) is 29.5 Å². The van der Waals surface area contributed by atoms with Crippen LogP contribution in [0, 0.1) is 6.92 Å². The Morgan fingerprint density at radius 1 is 1.20 bits per heavy atom. The summed E-state index contributed by atoms with van der Waals surface area (Å²) < 4.78 is 13.0. The van der Waals surface area contributed by atoms with Gasteiger partial charge in [-0.1, -0.05) is 0 Å². The minimum absolute atomic E-state index is 0.180.